The molecule has 142 valence electrons. The number of fused-ring (bicyclic) bond motifs is 1. The van der Waals surface area contributed by atoms with Crippen molar-refractivity contribution in [1.29, 1.82) is 0 Å². The van der Waals surface area contributed by atoms with Crippen LogP contribution in [-0.4, -0.2) is 46.4 Å². The highest BCUT2D eigenvalue weighted by Crippen LogP contribution is 2.30. The van der Waals surface area contributed by atoms with E-state index in [1.165, 1.54) is 5.56 Å². The molecule has 0 unspecified atom stereocenters. The lowest BCUT2D eigenvalue weighted by molar-refractivity contribution is -0.130. The van der Waals surface area contributed by atoms with E-state index in [4.69, 9.17) is 4.74 Å². The number of pyridine rings is 1. The minimum absolute atomic E-state index is 0.0363. The Bertz CT molecular complexity index is 780. The van der Waals surface area contributed by atoms with Crippen molar-refractivity contribution in [2.45, 2.75) is 39.0 Å². The van der Waals surface area contributed by atoms with Gasteiger partial charge in [-0.05, 0) is 37.1 Å². The number of nitrogens with zero attached hydrogens (tertiary/aromatic N) is 3. The van der Waals surface area contributed by atoms with Gasteiger partial charge in [0.15, 0.2) is 0 Å². The molecule has 2 aromatic rings. The molecular formula is C22H27N3O2. The summed E-state index contributed by atoms with van der Waals surface area (Å²) in [6.07, 6.45) is 6.10. The fraction of sp³-hybridized carbons (Fsp3) is 0.455. The van der Waals surface area contributed by atoms with Gasteiger partial charge in [0.2, 0.25) is 5.91 Å². The number of carbonyl (C=O) groups excluding carboxylic acids is 1. The predicted octanol–water partition coefficient (Wildman–Crippen LogP) is 3.10. The summed E-state index contributed by atoms with van der Waals surface area (Å²) < 4.78 is 6.44. The molecule has 0 radical (unpaired) electrons. The second-order valence-corrected chi connectivity index (χ2v) is 7.66. The minimum atomic E-state index is 0.0363. The molecule has 1 fully saturated rings. The Morgan fingerprint density at radius 3 is 2.93 bits per heavy atom. The molecule has 0 N–H and O–H groups in total. The Labute approximate surface area is 161 Å². The number of hydrogen-bond donors (Lipinski definition) is 0. The van der Waals surface area contributed by atoms with Gasteiger partial charge in [0.05, 0.1) is 6.54 Å². The summed E-state index contributed by atoms with van der Waals surface area (Å²) in [7, 11) is 0. The van der Waals surface area contributed by atoms with Crippen molar-refractivity contribution < 1.29 is 9.53 Å². The number of likely N-dealkylation sites (tertiary alicyclic amines) is 1. The summed E-state index contributed by atoms with van der Waals surface area (Å²) in [5.41, 5.74) is 2.34. The van der Waals surface area contributed by atoms with Gasteiger partial charge in [-0.1, -0.05) is 24.3 Å². The second-order valence-electron chi connectivity index (χ2n) is 7.66. The van der Waals surface area contributed by atoms with Crippen molar-refractivity contribution >= 4 is 5.91 Å². The highest BCUT2D eigenvalue weighted by Gasteiger charge is 2.33. The topological polar surface area (TPSA) is 45.7 Å². The van der Waals surface area contributed by atoms with Crippen LogP contribution >= 0.6 is 0 Å². The average Bonchev–Trinajstić information content (AvgIpc) is 2.89. The lowest BCUT2D eigenvalue weighted by Crippen LogP contribution is -2.46. The fourth-order valence-electron chi connectivity index (χ4n) is 4.21. The molecule has 2 atom stereocenters. The quantitative estimate of drug-likeness (QED) is 0.838. The molecule has 1 amide bonds. The van der Waals surface area contributed by atoms with Crippen LogP contribution in [0.3, 0.4) is 0 Å². The van der Waals surface area contributed by atoms with Gasteiger partial charge in [-0.3, -0.25) is 14.7 Å². The Balaban J connectivity index is 1.50. The van der Waals surface area contributed by atoms with Crippen molar-refractivity contribution in [2.75, 3.05) is 19.6 Å². The molecule has 2 aliphatic heterocycles. The van der Waals surface area contributed by atoms with Crippen molar-refractivity contribution in [1.82, 2.24) is 14.8 Å². The van der Waals surface area contributed by atoms with Crippen LogP contribution in [0.1, 0.15) is 30.9 Å². The van der Waals surface area contributed by atoms with Crippen molar-refractivity contribution in [2.24, 2.45) is 5.92 Å². The number of benzene rings is 1. The summed E-state index contributed by atoms with van der Waals surface area (Å²) in [5.74, 6) is 1.46. The molecule has 3 heterocycles. The smallest absolute Gasteiger partial charge is 0.219 e. The van der Waals surface area contributed by atoms with E-state index >= 15 is 0 Å². The maximum absolute atomic E-state index is 12.1. The molecule has 0 spiro atoms. The monoisotopic (exact) mass is 365 g/mol. The standard InChI is InChI=1S/C22H27N3O2/c1-17(26)25-15-20-7-2-3-9-21(20)27-22(16-25)19-8-5-11-24(14-19)13-18-6-4-10-23-12-18/h2-4,6-7,9-10,12,19,22H,5,8,11,13-16H2,1H3/t19-,22+/m0/s1. The number of carbonyl (C=O) groups is 1. The molecule has 5 nitrogen and oxygen atoms in total. The molecule has 0 aliphatic carbocycles. The molecule has 0 saturated carbocycles. The number of rotatable bonds is 3. The third kappa shape index (κ3) is 4.30. The molecule has 2 aliphatic rings. The molecule has 4 rings (SSSR count). The Morgan fingerprint density at radius 1 is 1.22 bits per heavy atom. The summed E-state index contributed by atoms with van der Waals surface area (Å²) >= 11 is 0. The maximum Gasteiger partial charge on any atom is 0.219 e. The van der Waals surface area contributed by atoms with Crippen LogP contribution in [0.5, 0.6) is 5.75 Å². The van der Waals surface area contributed by atoms with Gasteiger partial charge in [0.25, 0.3) is 0 Å². The molecule has 0 bridgehead atoms. The van der Waals surface area contributed by atoms with E-state index < -0.39 is 0 Å². The Hall–Kier alpha value is -2.40. The molecular weight excluding hydrogens is 338 g/mol. The van der Waals surface area contributed by atoms with Crippen LogP contribution < -0.4 is 4.74 Å². The number of aromatic nitrogens is 1. The Morgan fingerprint density at radius 2 is 2.11 bits per heavy atom. The van der Waals surface area contributed by atoms with Crippen molar-refractivity contribution in [3.63, 3.8) is 0 Å². The lowest BCUT2D eigenvalue weighted by atomic mass is 9.91. The number of ether oxygens (including phenoxy) is 1. The minimum Gasteiger partial charge on any atom is -0.488 e. The van der Waals surface area contributed by atoms with Crippen molar-refractivity contribution in [3.05, 3.63) is 59.9 Å². The highest BCUT2D eigenvalue weighted by molar-refractivity contribution is 5.73. The molecule has 27 heavy (non-hydrogen) atoms. The van der Waals surface area contributed by atoms with E-state index in [1.807, 2.05) is 41.6 Å². The number of piperidine rings is 1. The first-order chi connectivity index (χ1) is 13.2. The lowest BCUT2D eigenvalue weighted by Gasteiger charge is -2.37. The van der Waals surface area contributed by atoms with Crippen LogP contribution in [-0.2, 0) is 17.9 Å². The highest BCUT2D eigenvalue weighted by atomic mass is 16.5. The average molecular weight is 365 g/mol. The summed E-state index contributed by atoms with van der Waals surface area (Å²) in [5, 5.41) is 0. The van der Waals surface area contributed by atoms with E-state index in [9.17, 15) is 4.79 Å². The van der Waals surface area contributed by atoms with E-state index in [1.54, 1.807) is 6.92 Å². The first-order valence-electron chi connectivity index (χ1n) is 9.80. The van der Waals surface area contributed by atoms with E-state index in [-0.39, 0.29) is 12.0 Å². The molecule has 5 heteroatoms. The third-order valence-electron chi connectivity index (χ3n) is 5.65. The largest absolute Gasteiger partial charge is 0.488 e. The summed E-state index contributed by atoms with van der Waals surface area (Å²) in [4.78, 5) is 20.8. The van der Waals surface area contributed by atoms with E-state index in [0.29, 0.717) is 19.0 Å². The van der Waals surface area contributed by atoms with Gasteiger partial charge in [0, 0.05) is 50.4 Å². The number of para-hydroxylation sites is 1. The zero-order chi connectivity index (χ0) is 18.6. The van der Waals surface area contributed by atoms with Gasteiger partial charge in [-0.2, -0.15) is 0 Å². The van der Waals surface area contributed by atoms with Crippen LogP contribution in [0.4, 0.5) is 0 Å². The van der Waals surface area contributed by atoms with E-state index in [2.05, 4.69) is 22.0 Å². The molecule has 1 aromatic heterocycles. The molecule has 1 aromatic carbocycles. The summed E-state index contributed by atoms with van der Waals surface area (Å²) in [6, 6.07) is 12.2. The predicted molar refractivity (Wildman–Crippen MR) is 104 cm³/mol. The molecule has 1 saturated heterocycles. The third-order valence-corrected chi connectivity index (χ3v) is 5.65. The number of amides is 1. The zero-order valence-corrected chi connectivity index (χ0v) is 15.9. The second kappa shape index (κ2) is 8.09. The van der Waals surface area contributed by atoms with Crippen molar-refractivity contribution in [3.8, 4) is 5.75 Å². The zero-order valence-electron chi connectivity index (χ0n) is 15.9. The van der Waals surface area contributed by atoms with Gasteiger partial charge < -0.3 is 9.64 Å². The summed E-state index contributed by atoms with van der Waals surface area (Å²) in [6.45, 7) is 5.97. The number of hydrogen-bond acceptors (Lipinski definition) is 4. The van der Waals surface area contributed by atoms with Gasteiger partial charge in [0.1, 0.15) is 11.9 Å². The van der Waals surface area contributed by atoms with Crippen LogP contribution in [0.2, 0.25) is 0 Å². The SMILES string of the molecule is CC(=O)N1Cc2ccccc2O[C@@H]([C@H]2CCCN(Cc3cccnc3)C2)C1. The first kappa shape index (κ1) is 18.0. The normalized spacial score (nSPS) is 23.2. The van der Waals surface area contributed by atoms with Gasteiger partial charge in [-0.15, -0.1) is 0 Å². The van der Waals surface area contributed by atoms with Gasteiger partial charge in [-0.25, -0.2) is 0 Å². The van der Waals surface area contributed by atoms with E-state index in [0.717, 1.165) is 43.8 Å². The first-order valence-corrected chi connectivity index (χ1v) is 9.80. The maximum atomic E-state index is 12.1. The van der Waals surface area contributed by atoms with Gasteiger partial charge >= 0.3 is 0 Å². The van der Waals surface area contributed by atoms with Crippen LogP contribution in [0, 0.1) is 5.92 Å². The Kier molecular flexibility index (Phi) is 5.39. The van der Waals surface area contributed by atoms with Crippen LogP contribution in [0.15, 0.2) is 48.8 Å². The van der Waals surface area contributed by atoms with Crippen LogP contribution in [0.25, 0.3) is 0 Å². The fourth-order valence-corrected chi connectivity index (χ4v) is 4.21.